The summed E-state index contributed by atoms with van der Waals surface area (Å²) in [6, 6.07) is 7.80. The van der Waals surface area contributed by atoms with Crippen molar-refractivity contribution in [1.29, 1.82) is 0 Å². The Morgan fingerprint density at radius 1 is 1.35 bits per heavy atom. The highest BCUT2D eigenvalue weighted by Gasteiger charge is 2.32. The lowest BCUT2D eigenvalue weighted by Gasteiger charge is -2.42. The predicted molar refractivity (Wildman–Crippen MR) is 87.0 cm³/mol. The molecule has 0 radical (unpaired) electrons. The van der Waals surface area contributed by atoms with E-state index < -0.39 is 0 Å². The minimum atomic E-state index is 0. The number of rotatable bonds is 4. The molecular weight excluding hydrogens is 295 g/mol. The van der Waals surface area contributed by atoms with Gasteiger partial charge in [-0.3, -0.25) is 4.90 Å². The van der Waals surface area contributed by atoms with E-state index in [-0.39, 0.29) is 17.8 Å². The summed E-state index contributed by atoms with van der Waals surface area (Å²) in [6.07, 6.45) is 1.06. The van der Waals surface area contributed by atoms with Crippen molar-refractivity contribution in [3.63, 3.8) is 0 Å². The highest BCUT2D eigenvalue weighted by atomic mass is 35.5. The highest BCUT2D eigenvalue weighted by molar-refractivity contribution is 6.30. The molecule has 114 valence electrons. The second-order valence-electron chi connectivity index (χ2n) is 5.96. The average Bonchev–Trinajstić information content (AvgIpc) is 2.36. The molecule has 1 aromatic rings. The third kappa shape index (κ3) is 4.81. The van der Waals surface area contributed by atoms with Gasteiger partial charge in [-0.05, 0) is 42.6 Å². The van der Waals surface area contributed by atoms with Crippen LogP contribution in [0.2, 0.25) is 5.02 Å². The molecule has 0 bridgehead atoms. The maximum Gasteiger partial charge on any atom is 0.119 e. The Bertz CT molecular complexity index is 409. The van der Waals surface area contributed by atoms with Gasteiger partial charge in [0.15, 0.2) is 0 Å². The summed E-state index contributed by atoms with van der Waals surface area (Å²) in [7, 11) is 0. The average molecular weight is 319 g/mol. The quantitative estimate of drug-likeness (QED) is 0.926. The molecule has 1 aliphatic heterocycles. The summed E-state index contributed by atoms with van der Waals surface area (Å²) in [6.45, 7) is 8.23. The van der Waals surface area contributed by atoms with Crippen molar-refractivity contribution < 1.29 is 4.74 Å². The van der Waals surface area contributed by atoms with E-state index in [1.165, 1.54) is 0 Å². The molecule has 1 saturated heterocycles. The molecule has 0 spiro atoms. The number of likely N-dealkylation sites (tertiary alicyclic amines) is 1. The van der Waals surface area contributed by atoms with Gasteiger partial charge in [-0.2, -0.15) is 0 Å². The number of nitrogens with two attached hydrogens (primary N) is 1. The van der Waals surface area contributed by atoms with Gasteiger partial charge in [0.05, 0.1) is 0 Å². The lowest BCUT2D eigenvalue weighted by Crippen LogP contribution is -2.53. The van der Waals surface area contributed by atoms with Crippen molar-refractivity contribution >= 4 is 24.0 Å². The van der Waals surface area contributed by atoms with E-state index in [2.05, 4.69) is 18.7 Å². The van der Waals surface area contributed by atoms with E-state index in [9.17, 15) is 0 Å². The maximum absolute atomic E-state index is 6.14. The molecule has 0 amide bonds. The van der Waals surface area contributed by atoms with Crippen LogP contribution in [0, 0.1) is 5.41 Å². The van der Waals surface area contributed by atoms with Crippen molar-refractivity contribution in [2.75, 3.05) is 26.2 Å². The Hall–Kier alpha value is -0.480. The van der Waals surface area contributed by atoms with Crippen molar-refractivity contribution in [3.8, 4) is 5.75 Å². The predicted octanol–water partition coefficient (Wildman–Crippen LogP) is 3.20. The van der Waals surface area contributed by atoms with Crippen LogP contribution < -0.4 is 10.5 Å². The van der Waals surface area contributed by atoms with Gasteiger partial charge in [-0.15, -0.1) is 12.4 Å². The molecule has 2 N–H and O–H groups in total. The molecule has 3 nitrogen and oxygen atoms in total. The van der Waals surface area contributed by atoms with Crippen molar-refractivity contribution in [2.45, 2.75) is 26.3 Å². The molecule has 1 atom stereocenters. The first-order chi connectivity index (χ1) is 8.97. The number of nitrogens with zero attached hydrogens (tertiary/aromatic N) is 1. The number of piperidine rings is 1. The maximum atomic E-state index is 6.14. The van der Waals surface area contributed by atoms with Gasteiger partial charge in [0.25, 0.3) is 0 Å². The molecule has 5 heteroatoms. The first kappa shape index (κ1) is 17.6. The number of hydrogen-bond donors (Lipinski definition) is 1. The second kappa shape index (κ2) is 7.51. The fourth-order valence-corrected chi connectivity index (χ4v) is 2.63. The Morgan fingerprint density at radius 2 is 2.00 bits per heavy atom. The minimum Gasteiger partial charge on any atom is -0.492 e. The van der Waals surface area contributed by atoms with Gasteiger partial charge in [0.2, 0.25) is 0 Å². The molecule has 1 unspecified atom stereocenters. The lowest BCUT2D eigenvalue weighted by atomic mass is 9.80. The van der Waals surface area contributed by atoms with Crippen molar-refractivity contribution in [1.82, 2.24) is 4.90 Å². The van der Waals surface area contributed by atoms with Crippen molar-refractivity contribution in [3.05, 3.63) is 29.3 Å². The number of benzene rings is 1. The van der Waals surface area contributed by atoms with Gasteiger partial charge in [0.1, 0.15) is 12.4 Å². The van der Waals surface area contributed by atoms with E-state index in [0.717, 1.165) is 36.8 Å². The largest absolute Gasteiger partial charge is 0.492 e. The van der Waals surface area contributed by atoms with Gasteiger partial charge in [-0.25, -0.2) is 0 Å². The lowest BCUT2D eigenvalue weighted by molar-refractivity contribution is 0.0831. The third-order valence-electron chi connectivity index (χ3n) is 3.88. The van der Waals surface area contributed by atoms with Crippen LogP contribution in [-0.4, -0.2) is 37.2 Å². The number of hydrogen-bond acceptors (Lipinski definition) is 3. The Morgan fingerprint density at radius 3 is 2.60 bits per heavy atom. The standard InChI is InChI=1S/C15H23ClN2O.ClH/c1-15(2)11-18(8-7-14(15)17)9-10-19-13-5-3-12(16)4-6-13;/h3-6,14H,7-11,17H2,1-2H3;1H. The zero-order valence-electron chi connectivity index (χ0n) is 12.1. The van der Waals surface area contributed by atoms with E-state index in [4.69, 9.17) is 22.1 Å². The van der Waals surface area contributed by atoms with E-state index in [0.29, 0.717) is 12.6 Å². The van der Waals surface area contributed by atoms with Gasteiger partial charge in [-0.1, -0.05) is 25.4 Å². The Balaban J connectivity index is 0.00000200. The van der Waals surface area contributed by atoms with Gasteiger partial charge in [0, 0.05) is 24.2 Å². The molecule has 1 aliphatic rings. The molecule has 2 rings (SSSR count). The van der Waals surface area contributed by atoms with Crippen LogP contribution in [0.3, 0.4) is 0 Å². The molecule has 1 aromatic carbocycles. The normalized spacial score (nSPS) is 22.1. The van der Waals surface area contributed by atoms with Gasteiger partial charge >= 0.3 is 0 Å². The summed E-state index contributed by atoms with van der Waals surface area (Å²) in [5.74, 6) is 0.873. The molecule has 1 fully saturated rings. The topological polar surface area (TPSA) is 38.5 Å². The van der Waals surface area contributed by atoms with E-state index in [1.807, 2.05) is 24.3 Å². The zero-order chi connectivity index (χ0) is 13.9. The minimum absolute atomic E-state index is 0. The summed E-state index contributed by atoms with van der Waals surface area (Å²) >= 11 is 5.84. The fraction of sp³-hybridized carbons (Fsp3) is 0.600. The van der Waals surface area contributed by atoms with Crippen molar-refractivity contribution in [2.24, 2.45) is 11.1 Å². The molecule has 0 aliphatic carbocycles. The molecule has 0 saturated carbocycles. The summed E-state index contributed by atoms with van der Waals surface area (Å²) in [5, 5.41) is 0.735. The SMILES string of the molecule is CC1(C)CN(CCOc2ccc(Cl)cc2)CCC1N.Cl. The first-order valence-corrected chi connectivity index (χ1v) is 7.21. The Labute approximate surface area is 132 Å². The summed E-state index contributed by atoms with van der Waals surface area (Å²) in [4.78, 5) is 2.43. The summed E-state index contributed by atoms with van der Waals surface area (Å²) < 4.78 is 5.73. The Kier molecular flexibility index (Phi) is 6.59. The van der Waals surface area contributed by atoms with Crippen LogP contribution in [0.15, 0.2) is 24.3 Å². The van der Waals surface area contributed by atoms with Crippen LogP contribution in [0.4, 0.5) is 0 Å². The van der Waals surface area contributed by atoms with Crippen LogP contribution in [0.1, 0.15) is 20.3 Å². The monoisotopic (exact) mass is 318 g/mol. The summed E-state index contributed by atoms with van der Waals surface area (Å²) in [5.41, 5.74) is 6.33. The van der Waals surface area contributed by atoms with Crippen LogP contribution in [-0.2, 0) is 0 Å². The molecule has 20 heavy (non-hydrogen) atoms. The molecule has 0 aromatic heterocycles. The van der Waals surface area contributed by atoms with E-state index >= 15 is 0 Å². The fourth-order valence-electron chi connectivity index (χ4n) is 2.50. The van der Waals surface area contributed by atoms with E-state index in [1.54, 1.807) is 0 Å². The van der Waals surface area contributed by atoms with Crippen LogP contribution in [0.5, 0.6) is 5.75 Å². The van der Waals surface area contributed by atoms with Crippen LogP contribution >= 0.6 is 24.0 Å². The second-order valence-corrected chi connectivity index (χ2v) is 6.40. The smallest absolute Gasteiger partial charge is 0.119 e. The molecular formula is C15H24Cl2N2O. The highest BCUT2D eigenvalue weighted by Crippen LogP contribution is 2.27. The zero-order valence-corrected chi connectivity index (χ0v) is 13.7. The number of halogens is 2. The number of ether oxygens (including phenoxy) is 1. The third-order valence-corrected chi connectivity index (χ3v) is 4.13. The first-order valence-electron chi connectivity index (χ1n) is 6.84. The molecule has 1 heterocycles. The van der Waals surface area contributed by atoms with Crippen LogP contribution in [0.25, 0.3) is 0 Å². The van der Waals surface area contributed by atoms with Gasteiger partial charge < -0.3 is 10.5 Å².